The Morgan fingerprint density at radius 3 is 2.44 bits per heavy atom. The van der Waals surface area contributed by atoms with Crippen LogP contribution in [0.25, 0.3) is 17.0 Å². The van der Waals surface area contributed by atoms with E-state index in [9.17, 15) is 14.7 Å². The molecule has 0 saturated carbocycles. The van der Waals surface area contributed by atoms with Crippen LogP contribution in [0.1, 0.15) is 21.5 Å². The molecular formula is C24H17Cl2N3O3. The first-order chi connectivity index (χ1) is 15.4. The van der Waals surface area contributed by atoms with Crippen LogP contribution in [0.3, 0.4) is 0 Å². The number of hydrogen-bond acceptors (Lipinski definition) is 4. The molecule has 2 heterocycles. The third kappa shape index (κ3) is 4.23. The largest absolute Gasteiger partial charge is 0.508 e. The number of carbonyl (C=O) groups excluding carboxylic acids is 2. The van der Waals surface area contributed by atoms with E-state index in [0.29, 0.717) is 17.4 Å². The number of halogens is 2. The number of benzene rings is 2. The molecule has 0 atom stereocenters. The van der Waals surface area contributed by atoms with E-state index in [1.54, 1.807) is 18.3 Å². The molecule has 4 aromatic rings. The summed E-state index contributed by atoms with van der Waals surface area (Å²) in [6.45, 7) is 4.22. The Kier molecular flexibility index (Phi) is 5.99. The fourth-order valence-corrected chi connectivity index (χ4v) is 3.84. The van der Waals surface area contributed by atoms with Gasteiger partial charge in [-0.2, -0.15) is 0 Å². The topological polar surface area (TPSA) is 84.2 Å². The zero-order valence-electron chi connectivity index (χ0n) is 16.7. The molecule has 8 heteroatoms. The minimum atomic E-state index is -0.905. The Hall–Kier alpha value is -3.61. The zero-order chi connectivity index (χ0) is 22.8. The second-order valence-electron chi connectivity index (χ2n) is 7.08. The van der Waals surface area contributed by atoms with Crippen molar-refractivity contribution in [2.45, 2.75) is 6.54 Å². The summed E-state index contributed by atoms with van der Waals surface area (Å²) in [6.07, 6.45) is 5.99. The summed E-state index contributed by atoms with van der Waals surface area (Å²) in [6, 6.07) is 12.5. The average molecular weight is 466 g/mol. The van der Waals surface area contributed by atoms with Gasteiger partial charge in [0.1, 0.15) is 5.75 Å². The first kappa shape index (κ1) is 21.6. The number of nitrogens with one attached hydrogen (secondary N) is 1. The van der Waals surface area contributed by atoms with Crippen molar-refractivity contribution in [2.24, 2.45) is 0 Å². The lowest BCUT2D eigenvalue weighted by Gasteiger charge is -2.07. The summed E-state index contributed by atoms with van der Waals surface area (Å²) < 4.78 is 1.85. The van der Waals surface area contributed by atoms with Gasteiger partial charge in [0.2, 0.25) is 0 Å². The zero-order valence-corrected chi connectivity index (χ0v) is 18.2. The monoisotopic (exact) mass is 465 g/mol. The van der Waals surface area contributed by atoms with Gasteiger partial charge in [0, 0.05) is 36.0 Å². The molecule has 160 valence electrons. The number of anilines is 1. The molecule has 2 aromatic heterocycles. The number of Topliss-reactive ketones (excluding diaryl/α,β-unsaturated/α-hetero) is 1. The summed E-state index contributed by atoms with van der Waals surface area (Å²) in [7, 11) is 0. The fraction of sp³-hybridized carbons (Fsp3) is 0.0417. The first-order valence-corrected chi connectivity index (χ1v) is 10.3. The second-order valence-corrected chi connectivity index (χ2v) is 7.89. The third-order valence-corrected chi connectivity index (χ3v) is 5.55. The minimum absolute atomic E-state index is 0.0136. The maximum absolute atomic E-state index is 13.0. The summed E-state index contributed by atoms with van der Waals surface area (Å²) >= 11 is 12.1. The summed E-state index contributed by atoms with van der Waals surface area (Å²) in [5.41, 5.74) is 2.95. The van der Waals surface area contributed by atoms with E-state index in [1.165, 1.54) is 24.5 Å². The van der Waals surface area contributed by atoms with E-state index in [2.05, 4.69) is 16.9 Å². The number of aromatic hydroxyl groups is 1. The smallest absolute Gasteiger partial charge is 0.296 e. The maximum atomic E-state index is 13.0. The van der Waals surface area contributed by atoms with Gasteiger partial charge in [0.15, 0.2) is 0 Å². The van der Waals surface area contributed by atoms with Crippen LogP contribution in [0, 0.1) is 0 Å². The van der Waals surface area contributed by atoms with Gasteiger partial charge in [0.25, 0.3) is 11.7 Å². The van der Waals surface area contributed by atoms with Gasteiger partial charge in [-0.3, -0.25) is 14.6 Å². The quantitative estimate of drug-likeness (QED) is 0.288. The lowest BCUT2D eigenvalue weighted by Crippen LogP contribution is -2.23. The van der Waals surface area contributed by atoms with E-state index in [-0.39, 0.29) is 27.0 Å². The number of phenolic OH excluding ortho intramolecular Hbond substituents is 1. The number of amides is 1. The summed E-state index contributed by atoms with van der Waals surface area (Å²) in [5, 5.41) is 13.1. The van der Waals surface area contributed by atoms with Crippen molar-refractivity contribution in [3.63, 3.8) is 0 Å². The first-order valence-electron chi connectivity index (χ1n) is 9.55. The van der Waals surface area contributed by atoms with Crippen LogP contribution in [0.2, 0.25) is 10.0 Å². The number of carbonyl (C=O) groups is 2. The molecule has 0 unspecified atom stereocenters. The summed E-state index contributed by atoms with van der Waals surface area (Å²) in [4.78, 5) is 29.6. The van der Waals surface area contributed by atoms with Crippen LogP contribution in [0.5, 0.6) is 5.75 Å². The molecule has 1 amide bonds. The molecule has 0 radical (unpaired) electrons. The number of ketones is 1. The van der Waals surface area contributed by atoms with E-state index in [4.69, 9.17) is 23.2 Å². The van der Waals surface area contributed by atoms with Gasteiger partial charge in [-0.25, -0.2) is 0 Å². The van der Waals surface area contributed by atoms with Crippen molar-refractivity contribution < 1.29 is 14.7 Å². The van der Waals surface area contributed by atoms with Gasteiger partial charge in [-0.15, -0.1) is 0 Å². The molecule has 4 rings (SSSR count). The fourth-order valence-electron chi connectivity index (χ4n) is 3.38. The predicted molar refractivity (Wildman–Crippen MR) is 126 cm³/mol. The molecule has 2 aromatic carbocycles. The van der Waals surface area contributed by atoms with Crippen LogP contribution in [-0.2, 0) is 11.3 Å². The van der Waals surface area contributed by atoms with Crippen molar-refractivity contribution in [1.82, 2.24) is 9.55 Å². The molecule has 0 saturated heterocycles. The van der Waals surface area contributed by atoms with Gasteiger partial charge in [0.05, 0.1) is 21.3 Å². The maximum Gasteiger partial charge on any atom is 0.296 e. The molecular weight excluding hydrogens is 449 g/mol. The SMILES string of the molecule is C=Cc1ccc(Cn2cc(C(=O)C(=O)Nc3c(Cl)cncc3Cl)c3cc(O)ccc32)cc1. The average Bonchev–Trinajstić information content (AvgIpc) is 3.13. The van der Waals surface area contributed by atoms with Crippen molar-refractivity contribution in [1.29, 1.82) is 0 Å². The Morgan fingerprint density at radius 2 is 1.78 bits per heavy atom. The van der Waals surface area contributed by atoms with Gasteiger partial charge < -0.3 is 15.0 Å². The molecule has 0 spiro atoms. The number of fused-ring (bicyclic) bond motifs is 1. The number of pyridine rings is 1. The Balaban J connectivity index is 1.70. The molecule has 0 bridgehead atoms. The van der Waals surface area contributed by atoms with Gasteiger partial charge in [-0.1, -0.05) is 60.1 Å². The number of nitrogens with zero attached hydrogens (tertiary/aromatic N) is 2. The predicted octanol–water partition coefficient (Wildman–Crippen LogP) is 5.56. The van der Waals surface area contributed by atoms with Crippen LogP contribution in [0.4, 0.5) is 5.69 Å². The lowest BCUT2D eigenvalue weighted by molar-refractivity contribution is -0.112. The Labute approximate surface area is 193 Å². The van der Waals surface area contributed by atoms with Crippen molar-refractivity contribution in [2.75, 3.05) is 5.32 Å². The Bertz CT molecular complexity index is 1340. The number of rotatable bonds is 6. The van der Waals surface area contributed by atoms with Crippen molar-refractivity contribution >= 4 is 57.6 Å². The lowest BCUT2D eigenvalue weighted by atomic mass is 10.1. The molecule has 6 nitrogen and oxygen atoms in total. The van der Waals surface area contributed by atoms with E-state index in [0.717, 1.165) is 11.1 Å². The minimum Gasteiger partial charge on any atom is -0.508 e. The number of phenols is 1. The highest BCUT2D eigenvalue weighted by Gasteiger charge is 2.23. The molecule has 0 fully saturated rings. The number of hydrogen-bond donors (Lipinski definition) is 2. The summed E-state index contributed by atoms with van der Waals surface area (Å²) in [5.74, 6) is -1.71. The molecule has 0 aliphatic carbocycles. The number of aromatic nitrogens is 2. The molecule has 0 aliphatic heterocycles. The van der Waals surface area contributed by atoms with Crippen LogP contribution in [0.15, 0.2) is 67.6 Å². The van der Waals surface area contributed by atoms with Crippen LogP contribution < -0.4 is 5.32 Å². The van der Waals surface area contributed by atoms with Gasteiger partial charge in [-0.05, 0) is 29.3 Å². The van der Waals surface area contributed by atoms with E-state index < -0.39 is 11.7 Å². The molecule has 32 heavy (non-hydrogen) atoms. The van der Waals surface area contributed by atoms with E-state index >= 15 is 0 Å². The highest BCUT2D eigenvalue weighted by Crippen LogP contribution is 2.30. The highest BCUT2D eigenvalue weighted by molar-refractivity contribution is 6.50. The van der Waals surface area contributed by atoms with Crippen molar-refractivity contribution in [3.8, 4) is 5.75 Å². The van der Waals surface area contributed by atoms with Crippen LogP contribution in [-0.4, -0.2) is 26.3 Å². The highest BCUT2D eigenvalue weighted by atomic mass is 35.5. The van der Waals surface area contributed by atoms with E-state index in [1.807, 2.05) is 28.8 Å². The Morgan fingerprint density at radius 1 is 1.09 bits per heavy atom. The molecule has 2 N–H and O–H groups in total. The second kappa shape index (κ2) is 8.86. The normalized spacial score (nSPS) is 10.8. The molecule has 0 aliphatic rings. The van der Waals surface area contributed by atoms with Crippen molar-refractivity contribution in [3.05, 3.63) is 94.4 Å². The standard InChI is InChI=1S/C24H17Cl2N3O3/c1-2-14-3-5-15(6-4-14)12-29-13-18(17-9-16(30)7-8-21(17)29)23(31)24(32)28-22-19(25)10-27-11-20(22)26/h2-11,13,30H,1,12H2,(H,27,28,32). The van der Waals surface area contributed by atoms with Gasteiger partial charge >= 0.3 is 0 Å². The third-order valence-electron chi connectivity index (χ3n) is 4.98. The van der Waals surface area contributed by atoms with Crippen LogP contribution >= 0.6 is 23.2 Å².